The summed E-state index contributed by atoms with van der Waals surface area (Å²) in [6, 6.07) is 9.18. The van der Waals surface area contributed by atoms with Crippen LogP contribution in [0.25, 0.3) is 21.9 Å². The van der Waals surface area contributed by atoms with Gasteiger partial charge in [0.05, 0.1) is 11.1 Å². The normalized spacial score (nSPS) is 12.9. The largest absolute Gasteiger partial charge is 0.444 e. The van der Waals surface area contributed by atoms with Gasteiger partial charge in [0.2, 0.25) is 0 Å². The molecule has 2 heterocycles. The number of anilines is 1. The van der Waals surface area contributed by atoms with E-state index in [0.29, 0.717) is 12.2 Å². The number of para-hydroxylation sites is 1. The minimum Gasteiger partial charge on any atom is -0.444 e. The monoisotopic (exact) mass is 383 g/mol. The molecule has 28 heavy (non-hydrogen) atoms. The number of pyridine rings is 1. The highest BCUT2D eigenvalue weighted by atomic mass is 16.6. The number of rotatable bonds is 4. The number of benzene rings is 1. The fourth-order valence-corrected chi connectivity index (χ4v) is 3.18. The first-order chi connectivity index (χ1) is 13.1. The lowest BCUT2D eigenvalue weighted by molar-refractivity contribution is 0.0504. The van der Waals surface area contributed by atoms with Crippen LogP contribution in [0.5, 0.6) is 0 Å². The number of nitrogens with zero attached hydrogens (tertiary/aromatic N) is 2. The molecule has 0 saturated heterocycles. The van der Waals surface area contributed by atoms with Gasteiger partial charge in [-0.25, -0.2) is 9.78 Å². The highest BCUT2D eigenvalue weighted by Crippen LogP contribution is 2.30. The van der Waals surface area contributed by atoms with Crippen molar-refractivity contribution in [1.29, 1.82) is 0 Å². The molecule has 1 unspecified atom stereocenters. The van der Waals surface area contributed by atoms with Crippen LogP contribution in [0.1, 0.15) is 38.1 Å². The van der Waals surface area contributed by atoms with Crippen molar-refractivity contribution in [3.63, 3.8) is 0 Å². The summed E-state index contributed by atoms with van der Waals surface area (Å²) in [7, 11) is 0. The zero-order valence-electron chi connectivity index (χ0n) is 16.4. The van der Waals surface area contributed by atoms with Gasteiger partial charge in [-0.05, 0) is 39.8 Å². The smallest absolute Gasteiger partial charge is 0.407 e. The second-order valence-electron chi connectivity index (χ2n) is 7.83. The van der Waals surface area contributed by atoms with Crippen LogP contribution in [0.15, 0.2) is 30.3 Å². The second-order valence-corrected chi connectivity index (χ2v) is 7.83. The van der Waals surface area contributed by atoms with E-state index in [1.54, 1.807) is 6.07 Å². The highest BCUT2D eigenvalue weighted by molar-refractivity contribution is 6.10. The molecule has 8 heteroatoms. The van der Waals surface area contributed by atoms with Crippen molar-refractivity contribution < 1.29 is 14.3 Å². The van der Waals surface area contributed by atoms with Crippen molar-refractivity contribution in [3.8, 4) is 0 Å². The van der Waals surface area contributed by atoms with Gasteiger partial charge in [0.1, 0.15) is 17.1 Å². The van der Waals surface area contributed by atoms with E-state index in [0.717, 1.165) is 16.3 Å². The highest BCUT2D eigenvalue weighted by Gasteiger charge is 2.20. The number of amides is 2. The van der Waals surface area contributed by atoms with E-state index >= 15 is 0 Å². The van der Waals surface area contributed by atoms with Gasteiger partial charge in [-0.15, -0.1) is 0 Å². The number of aromatic nitrogens is 2. The average Bonchev–Trinajstić information content (AvgIpc) is 2.85. The Morgan fingerprint density at radius 3 is 2.57 bits per heavy atom. The molecule has 2 aromatic heterocycles. The number of ether oxygens (including phenoxy) is 1. The van der Waals surface area contributed by atoms with Gasteiger partial charge < -0.3 is 26.1 Å². The SMILES string of the molecule is CC(Cn1c2ccccc2c2cc(C(N)=O)c(N)nc21)NC(=O)OC(C)(C)C. The van der Waals surface area contributed by atoms with Crippen LogP contribution in [0.4, 0.5) is 10.6 Å². The Balaban J connectivity index is 2.01. The van der Waals surface area contributed by atoms with Crippen LogP contribution < -0.4 is 16.8 Å². The number of nitrogens with two attached hydrogens (primary N) is 2. The molecule has 148 valence electrons. The maximum Gasteiger partial charge on any atom is 0.407 e. The number of nitrogen functional groups attached to an aromatic ring is 1. The van der Waals surface area contributed by atoms with E-state index in [2.05, 4.69) is 10.3 Å². The summed E-state index contributed by atoms with van der Waals surface area (Å²) in [5, 5.41) is 4.54. The molecule has 2 amide bonds. The van der Waals surface area contributed by atoms with Crippen molar-refractivity contribution in [2.24, 2.45) is 5.73 Å². The molecule has 0 fully saturated rings. The maximum atomic E-state index is 12.1. The minimum absolute atomic E-state index is 0.0804. The summed E-state index contributed by atoms with van der Waals surface area (Å²) in [6.45, 7) is 7.77. The van der Waals surface area contributed by atoms with Gasteiger partial charge in [-0.1, -0.05) is 18.2 Å². The van der Waals surface area contributed by atoms with Crippen molar-refractivity contribution in [2.45, 2.75) is 45.9 Å². The molecule has 0 bridgehead atoms. The van der Waals surface area contributed by atoms with Crippen molar-refractivity contribution in [3.05, 3.63) is 35.9 Å². The Morgan fingerprint density at radius 1 is 1.25 bits per heavy atom. The third kappa shape index (κ3) is 3.85. The molecule has 0 aliphatic rings. The van der Waals surface area contributed by atoms with Crippen LogP contribution in [-0.2, 0) is 11.3 Å². The minimum atomic E-state index is -0.622. The van der Waals surface area contributed by atoms with E-state index in [4.69, 9.17) is 16.2 Å². The molecule has 3 aromatic rings. The molecule has 8 nitrogen and oxygen atoms in total. The number of hydrogen-bond acceptors (Lipinski definition) is 5. The van der Waals surface area contributed by atoms with E-state index < -0.39 is 17.6 Å². The van der Waals surface area contributed by atoms with E-state index in [9.17, 15) is 9.59 Å². The standard InChI is InChI=1S/C20H25N5O3/c1-11(23-19(27)28-20(2,3)4)10-25-15-8-6-5-7-12(15)13-9-14(17(22)26)16(21)24-18(13)25/h5-9,11H,10H2,1-4H3,(H2,21,24)(H2,22,26)(H,23,27). The molecule has 0 spiro atoms. The zero-order valence-corrected chi connectivity index (χ0v) is 16.4. The van der Waals surface area contributed by atoms with Gasteiger partial charge in [0.25, 0.3) is 5.91 Å². The first kappa shape index (κ1) is 19.5. The quantitative estimate of drug-likeness (QED) is 0.639. The summed E-state index contributed by atoms with van der Waals surface area (Å²) >= 11 is 0. The Kier molecular flexibility index (Phi) is 4.89. The summed E-state index contributed by atoms with van der Waals surface area (Å²) in [5.41, 5.74) is 12.5. The number of fused-ring (bicyclic) bond motifs is 3. The number of nitrogens with one attached hydrogen (secondary N) is 1. The summed E-state index contributed by atoms with van der Waals surface area (Å²) < 4.78 is 7.28. The summed E-state index contributed by atoms with van der Waals surface area (Å²) in [5.74, 6) is -0.541. The third-order valence-electron chi connectivity index (χ3n) is 4.26. The summed E-state index contributed by atoms with van der Waals surface area (Å²) in [4.78, 5) is 28.1. The van der Waals surface area contributed by atoms with Gasteiger partial charge in [0.15, 0.2) is 0 Å². The van der Waals surface area contributed by atoms with Crippen molar-refractivity contribution >= 4 is 39.8 Å². The Bertz CT molecular complexity index is 1070. The third-order valence-corrected chi connectivity index (χ3v) is 4.26. The number of alkyl carbamates (subject to hydrolysis) is 1. The van der Waals surface area contributed by atoms with E-state index in [1.807, 2.05) is 56.5 Å². The fraction of sp³-hybridized carbons (Fsp3) is 0.350. The van der Waals surface area contributed by atoms with Crippen LogP contribution in [0.3, 0.4) is 0 Å². The first-order valence-corrected chi connectivity index (χ1v) is 9.03. The Hall–Kier alpha value is -3.29. The Morgan fingerprint density at radius 2 is 1.93 bits per heavy atom. The predicted octanol–water partition coefficient (Wildman–Crippen LogP) is 2.78. The predicted molar refractivity (Wildman–Crippen MR) is 109 cm³/mol. The number of carbonyl (C=O) groups excluding carboxylic acids is 2. The molecule has 1 atom stereocenters. The van der Waals surface area contributed by atoms with E-state index in [-0.39, 0.29) is 17.4 Å². The molecule has 1 aromatic carbocycles. The van der Waals surface area contributed by atoms with Crippen LogP contribution in [-0.4, -0.2) is 33.2 Å². The molecule has 0 aliphatic carbocycles. The molecule has 0 radical (unpaired) electrons. The van der Waals surface area contributed by atoms with Gasteiger partial charge >= 0.3 is 6.09 Å². The molecule has 3 rings (SSSR count). The lowest BCUT2D eigenvalue weighted by Gasteiger charge is -2.22. The average molecular weight is 383 g/mol. The molecule has 0 aliphatic heterocycles. The lowest BCUT2D eigenvalue weighted by atomic mass is 10.1. The van der Waals surface area contributed by atoms with Gasteiger partial charge in [0, 0.05) is 23.4 Å². The zero-order chi connectivity index (χ0) is 20.6. The van der Waals surface area contributed by atoms with Gasteiger partial charge in [-0.2, -0.15) is 0 Å². The van der Waals surface area contributed by atoms with Crippen LogP contribution in [0, 0.1) is 0 Å². The number of hydrogen-bond donors (Lipinski definition) is 3. The van der Waals surface area contributed by atoms with E-state index in [1.165, 1.54) is 0 Å². The molecule has 5 N–H and O–H groups in total. The maximum absolute atomic E-state index is 12.1. The van der Waals surface area contributed by atoms with Crippen LogP contribution in [0.2, 0.25) is 0 Å². The molecular weight excluding hydrogens is 358 g/mol. The lowest BCUT2D eigenvalue weighted by Crippen LogP contribution is -2.39. The Labute approximate surface area is 162 Å². The topological polar surface area (TPSA) is 125 Å². The van der Waals surface area contributed by atoms with Crippen molar-refractivity contribution in [1.82, 2.24) is 14.9 Å². The number of carbonyl (C=O) groups is 2. The fourth-order valence-electron chi connectivity index (χ4n) is 3.18. The number of primary amides is 1. The van der Waals surface area contributed by atoms with Crippen LogP contribution >= 0.6 is 0 Å². The molecular formula is C20H25N5O3. The van der Waals surface area contributed by atoms with Crippen molar-refractivity contribution in [2.75, 3.05) is 5.73 Å². The summed E-state index contributed by atoms with van der Waals surface area (Å²) in [6.07, 6.45) is -0.482. The van der Waals surface area contributed by atoms with Gasteiger partial charge in [-0.3, -0.25) is 4.79 Å². The molecule has 0 saturated carbocycles. The second kappa shape index (κ2) is 7.03. The first-order valence-electron chi connectivity index (χ1n) is 9.03.